The van der Waals surface area contributed by atoms with E-state index in [1.807, 2.05) is 29.9 Å². The van der Waals surface area contributed by atoms with E-state index in [4.69, 9.17) is 0 Å². The van der Waals surface area contributed by atoms with Crippen LogP contribution < -0.4 is 0 Å². The number of likely N-dealkylation sites (tertiary alicyclic amines) is 1. The first-order valence-electron chi connectivity index (χ1n) is 7.21. The van der Waals surface area contributed by atoms with E-state index in [-0.39, 0.29) is 23.6 Å². The zero-order valence-corrected chi connectivity index (χ0v) is 13.1. The van der Waals surface area contributed by atoms with Crippen molar-refractivity contribution in [2.24, 2.45) is 7.05 Å². The lowest BCUT2D eigenvalue weighted by Gasteiger charge is -2.18. The van der Waals surface area contributed by atoms with Crippen molar-refractivity contribution in [2.75, 3.05) is 19.6 Å². The van der Waals surface area contributed by atoms with Crippen molar-refractivity contribution in [2.45, 2.75) is 12.8 Å². The van der Waals surface area contributed by atoms with Gasteiger partial charge in [-0.25, -0.2) is 0 Å². The van der Waals surface area contributed by atoms with E-state index in [0.29, 0.717) is 18.0 Å². The molecule has 116 valence electrons. The predicted octanol–water partition coefficient (Wildman–Crippen LogP) is 1.68. The van der Waals surface area contributed by atoms with Crippen molar-refractivity contribution < 1.29 is 14.4 Å². The molecule has 2 saturated heterocycles. The van der Waals surface area contributed by atoms with E-state index in [0.717, 1.165) is 35.2 Å². The zero-order valence-electron chi connectivity index (χ0n) is 12.3. The molecule has 3 rings (SSSR count). The fourth-order valence-corrected chi connectivity index (χ4v) is 3.42. The Morgan fingerprint density at radius 1 is 1.32 bits per heavy atom. The molecule has 3 amide bonds. The number of carbonyl (C=O) groups is 3. The van der Waals surface area contributed by atoms with E-state index in [9.17, 15) is 14.4 Å². The zero-order chi connectivity index (χ0) is 15.7. The summed E-state index contributed by atoms with van der Waals surface area (Å²) < 4.78 is 1.86. The third kappa shape index (κ3) is 2.81. The first kappa shape index (κ1) is 14.9. The van der Waals surface area contributed by atoms with Crippen LogP contribution in [0.2, 0.25) is 0 Å². The van der Waals surface area contributed by atoms with Crippen LogP contribution in [-0.2, 0) is 16.6 Å². The molecule has 0 bridgehead atoms. The number of aromatic nitrogens is 1. The first-order chi connectivity index (χ1) is 10.6. The number of aryl methyl sites for hydroxylation is 1. The number of imide groups is 1. The molecule has 22 heavy (non-hydrogen) atoms. The molecule has 1 aromatic heterocycles. The van der Waals surface area contributed by atoms with Crippen LogP contribution in [-0.4, -0.2) is 51.1 Å². The lowest BCUT2D eigenvalue weighted by atomic mass is 10.3. The van der Waals surface area contributed by atoms with Crippen molar-refractivity contribution in [3.63, 3.8) is 0 Å². The van der Waals surface area contributed by atoms with Crippen molar-refractivity contribution in [3.8, 4) is 0 Å². The quantitative estimate of drug-likeness (QED) is 0.795. The van der Waals surface area contributed by atoms with Gasteiger partial charge in [0.25, 0.3) is 11.1 Å². The maximum Gasteiger partial charge on any atom is 0.294 e. The second kappa shape index (κ2) is 6.00. The summed E-state index contributed by atoms with van der Waals surface area (Å²) in [6.07, 6.45) is 5.53. The van der Waals surface area contributed by atoms with Gasteiger partial charge in [-0.1, -0.05) is 0 Å². The molecule has 7 heteroatoms. The summed E-state index contributed by atoms with van der Waals surface area (Å²) in [4.78, 5) is 39.6. The monoisotopic (exact) mass is 319 g/mol. The molecule has 1 aromatic rings. The summed E-state index contributed by atoms with van der Waals surface area (Å²) in [6, 6.07) is 3.73. The molecule has 0 saturated carbocycles. The summed E-state index contributed by atoms with van der Waals surface area (Å²) in [5.74, 6) is -0.538. The molecule has 0 N–H and O–H groups in total. The van der Waals surface area contributed by atoms with Gasteiger partial charge in [-0.3, -0.25) is 19.3 Å². The van der Waals surface area contributed by atoms with Crippen LogP contribution in [0.4, 0.5) is 4.79 Å². The second-order valence-electron chi connectivity index (χ2n) is 5.40. The number of hydrogen-bond donors (Lipinski definition) is 0. The summed E-state index contributed by atoms with van der Waals surface area (Å²) >= 11 is 0.888. The highest BCUT2D eigenvalue weighted by atomic mass is 32.2. The lowest BCUT2D eigenvalue weighted by Crippen LogP contribution is -2.40. The number of hydrogen-bond acceptors (Lipinski definition) is 4. The molecule has 3 heterocycles. The highest BCUT2D eigenvalue weighted by Gasteiger charge is 2.37. The molecule has 0 aliphatic carbocycles. The summed E-state index contributed by atoms with van der Waals surface area (Å²) in [5.41, 5.74) is 0.844. The Balaban J connectivity index is 1.73. The lowest BCUT2D eigenvalue weighted by molar-refractivity contribution is -0.135. The number of rotatable bonds is 3. The molecular weight excluding hydrogens is 302 g/mol. The molecule has 0 unspecified atom stereocenters. The highest BCUT2D eigenvalue weighted by Crippen LogP contribution is 2.32. The van der Waals surface area contributed by atoms with Gasteiger partial charge in [0.05, 0.1) is 4.91 Å². The smallest absolute Gasteiger partial charge is 0.294 e. The number of thioether (sulfide) groups is 1. The fraction of sp³-hybridized carbons (Fsp3) is 0.400. The molecule has 2 fully saturated rings. The molecule has 0 spiro atoms. The standard InChI is InChI=1S/C15H17N3O3S/c1-16-6-4-5-11(16)9-12-14(20)18(15(21)22-12)10-13(19)17-7-2-3-8-17/h4-6,9H,2-3,7-8,10H2,1H3. The van der Waals surface area contributed by atoms with E-state index in [2.05, 4.69) is 0 Å². The van der Waals surface area contributed by atoms with Gasteiger partial charge in [-0.15, -0.1) is 0 Å². The number of nitrogens with zero attached hydrogens (tertiary/aromatic N) is 3. The average molecular weight is 319 g/mol. The van der Waals surface area contributed by atoms with Gasteiger partial charge in [0.1, 0.15) is 6.54 Å². The number of amides is 3. The third-order valence-electron chi connectivity index (χ3n) is 3.89. The fourth-order valence-electron chi connectivity index (χ4n) is 2.60. The normalized spacial score (nSPS) is 20.5. The minimum Gasteiger partial charge on any atom is -0.351 e. The first-order valence-corrected chi connectivity index (χ1v) is 8.02. The topological polar surface area (TPSA) is 62.6 Å². The Morgan fingerprint density at radius 3 is 2.68 bits per heavy atom. The Kier molecular flexibility index (Phi) is 4.06. The van der Waals surface area contributed by atoms with Crippen LogP contribution in [0.15, 0.2) is 23.2 Å². The van der Waals surface area contributed by atoms with Crippen LogP contribution in [0.3, 0.4) is 0 Å². The summed E-state index contributed by atoms with van der Waals surface area (Å²) in [6.45, 7) is 1.28. The molecule has 2 aliphatic rings. The van der Waals surface area contributed by atoms with E-state index >= 15 is 0 Å². The van der Waals surface area contributed by atoms with Crippen molar-refractivity contribution in [1.82, 2.24) is 14.4 Å². The average Bonchev–Trinajstić information content (AvgIpc) is 3.19. The van der Waals surface area contributed by atoms with Gasteiger partial charge in [0.2, 0.25) is 5.91 Å². The van der Waals surface area contributed by atoms with Crippen LogP contribution in [0, 0.1) is 0 Å². The van der Waals surface area contributed by atoms with Crippen LogP contribution in [0.5, 0.6) is 0 Å². The largest absolute Gasteiger partial charge is 0.351 e. The molecule has 2 aliphatic heterocycles. The second-order valence-corrected chi connectivity index (χ2v) is 6.39. The van der Waals surface area contributed by atoms with Crippen LogP contribution in [0.1, 0.15) is 18.5 Å². The van der Waals surface area contributed by atoms with Crippen molar-refractivity contribution in [1.29, 1.82) is 0 Å². The third-order valence-corrected chi connectivity index (χ3v) is 4.80. The minimum absolute atomic E-state index is 0.153. The van der Waals surface area contributed by atoms with Gasteiger partial charge >= 0.3 is 0 Å². The Morgan fingerprint density at radius 2 is 2.05 bits per heavy atom. The summed E-state index contributed by atoms with van der Waals surface area (Å²) in [7, 11) is 1.87. The predicted molar refractivity (Wildman–Crippen MR) is 83.9 cm³/mol. The maximum absolute atomic E-state index is 12.3. The van der Waals surface area contributed by atoms with Gasteiger partial charge in [-0.05, 0) is 42.8 Å². The SMILES string of the molecule is Cn1cccc1C=C1SC(=O)N(CC(=O)N2CCCC2)C1=O. The molecule has 0 radical (unpaired) electrons. The van der Waals surface area contributed by atoms with Crippen LogP contribution in [0.25, 0.3) is 6.08 Å². The number of carbonyl (C=O) groups excluding carboxylic acids is 3. The van der Waals surface area contributed by atoms with Gasteiger partial charge in [0, 0.05) is 32.0 Å². The minimum atomic E-state index is -0.385. The van der Waals surface area contributed by atoms with Gasteiger partial charge in [-0.2, -0.15) is 0 Å². The van der Waals surface area contributed by atoms with E-state index in [1.165, 1.54) is 0 Å². The van der Waals surface area contributed by atoms with Crippen molar-refractivity contribution in [3.05, 3.63) is 28.9 Å². The molecule has 0 aromatic carbocycles. The Bertz CT molecular complexity index is 659. The molecular formula is C15H17N3O3S. The molecule has 0 atom stereocenters. The van der Waals surface area contributed by atoms with Gasteiger partial charge < -0.3 is 9.47 Å². The van der Waals surface area contributed by atoms with Gasteiger partial charge in [0.15, 0.2) is 0 Å². The van der Waals surface area contributed by atoms with Crippen molar-refractivity contribution >= 4 is 34.9 Å². The summed E-state index contributed by atoms with van der Waals surface area (Å²) in [5, 5.41) is -0.377. The molecule has 6 nitrogen and oxygen atoms in total. The highest BCUT2D eigenvalue weighted by molar-refractivity contribution is 8.18. The van der Waals surface area contributed by atoms with E-state index < -0.39 is 0 Å². The van der Waals surface area contributed by atoms with E-state index in [1.54, 1.807) is 11.0 Å². The Hall–Kier alpha value is -2.02. The maximum atomic E-state index is 12.3. The van der Waals surface area contributed by atoms with Crippen LogP contribution >= 0.6 is 11.8 Å². The Labute approximate surface area is 132 Å².